The lowest BCUT2D eigenvalue weighted by atomic mass is 10.0. The Balaban J connectivity index is 1.73. The van der Waals surface area contributed by atoms with Gasteiger partial charge in [-0.15, -0.1) is 0 Å². The molecule has 15 heavy (non-hydrogen) atoms. The number of hydrogen-bond acceptors (Lipinski definition) is 2. The highest BCUT2D eigenvalue weighted by Gasteiger charge is 2.29. The van der Waals surface area contributed by atoms with E-state index in [0.29, 0.717) is 13.0 Å². The third kappa shape index (κ3) is 3.17. The summed E-state index contributed by atoms with van der Waals surface area (Å²) in [5, 5.41) is 0. The highest BCUT2D eigenvalue weighted by Crippen LogP contribution is 2.14. The third-order valence-electron chi connectivity index (χ3n) is 2.70. The number of ether oxygens (including phenoxy) is 1. The number of carbonyl (C=O) groups is 1. The van der Waals surface area contributed by atoms with Crippen molar-refractivity contribution in [1.82, 2.24) is 0 Å². The largest absolute Gasteiger partial charge is 0.365 e. The van der Waals surface area contributed by atoms with Crippen LogP contribution in [0.2, 0.25) is 0 Å². The number of hydrogen-bond donors (Lipinski definition) is 0. The monoisotopic (exact) mass is 204 g/mol. The van der Waals surface area contributed by atoms with Gasteiger partial charge in [-0.3, -0.25) is 4.79 Å². The van der Waals surface area contributed by atoms with Crippen LogP contribution in [-0.4, -0.2) is 18.5 Å². The van der Waals surface area contributed by atoms with Crippen LogP contribution in [0.4, 0.5) is 0 Å². The van der Waals surface area contributed by atoms with E-state index in [0.717, 1.165) is 12.8 Å². The van der Waals surface area contributed by atoms with Crippen molar-refractivity contribution in [2.45, 2.75) is 32.3 Å². The molecule has 2 nitrogen and oxygen atoms in total. The number of rotatable bonds is 5. The van der Waals surface area contributed by atoms with E-state index in [1.807, 2.05) is 0 Å². The first-order valence-electron chi connectivity index (χ1n) is 5.45. The van der Waals surface area contributed by atoms with Crippen LogP contribution in [-0.2, 0) is 16.0 Å². The van der Waals surface area contributed by atoms with Crippen molar-refractivity contribution in [2.75, 3.05) is 6.61 Å². The van der Waals surface area contributed by atoms with Gasteiger partial charge in [-0.2, -0.15) is 0 Å². The van der Waals surface area contributed by atoms with Crippen molar-refractivity contribution in [2.24, 2.45) is 0 Å². The molecule has 1 heterocycles. The third-order valence-corrected chi connectivity index (χ3v) is 2.70. The Hall–Kier alpha value is -1.15. The smallest absolute Gasteiger partial charge is 0.163 e. The zero-order valence-electron chi connectivity index (χ0n) is 9.03. The molecular weight excluding hydrogens is 188 g/mol. The highest BCUT2D eigenvalue weighted by atomic mass is 16.6. The Kier molecular flexibility index (Phi) is 3.17. The van der Waals surface area contributed by atoms with Gasteiger partial charge in [-0.25, -0.2) is 0 Å². The lowest BCUT2D eigenvalue weighted by Gasteiger charge is -2.00. The van der Waals surface area contributed by atoms with E-state index < -0.39 is 0 Å². The van der Waals surface area contributed by atoms with Gasteiger partial charge in [0.25, 0.3) is 0 Å². The summed E-state index contributed by atoms with van der Waals surface area (Å²) in [5.41, 5.74) is 2.59. The van der Waals surface area contributed by atoms with Crippen LogP contribution in [0.25, 0.3) is 0 Å². The molecule has 0 bridgehead atoms. The van der Waals surface area contributed by atoms with Gasteiger partial charge in [0.1, 0.15) is 6.10 Å². The number of carbonyl (C=O) groups excluding carboxylic acids is 1. The summed E-state index contributed by atoms with van der Waals surface area (Å²) in [5.74, 6) is 0.266. The summed E-state index contributed by atoms with van der Waals surface area (Å²) in [6.45, 7) is 2.72. The number of benzene rings is 1. The molecule has 0 aliphatic carbocycles. The predicted molar refractivity (Wildman–Crippen MR) is 58.9 cm³/mol. The van der Waals surface area contributed by atoms with Crippen LogP contribution in [0, 0.1) is 6.92 Å². The molecule has 1 atom stereocenters. The fraction of sp³-hybridized carbons (Fsp3) is 0.462. The second kappa shape index (κ2) is 4.58. The van der Waals surface area contributed by atoms with E-state index >= 15 is 0 Å². The highest BCUT2D eigenvalue weighted by molar-refractivity contribution is 5.84. The van der Waals surface area contributed by atoms with E-state index in [-0.39, 0.29) is 11.9 Å². The van der Waals surface area contributed by atoms with Gasteiger partial charge in [0.2, 0.25) is 0 Å². The maximum atomic E-state index is 11.3. The van der Waals surface area contributed by atoms with Crippen LogP contribution in [0.5, 0.6) is 0 Å². The van der Waals surface area contributed by atoms with Crippen LogP contribution in [0.3, 0.4) is 0 Å². The minimum atomic E-state index is -0.0667. The summed E-state index contributed by atoms with van der Waals surface area (Å²) in [6.07, 6.45) is 2.50. The van der Waals surface area contributed by atoms with E-state index in [2.05, 4.69) is 31.2 Å². The maximum Gasteiger partial charge on any atom is 0.163 e. The molecular formula is C13H16O2. The fourth-order valence-electron chi connectivity index (χ4n) is 1.62. The quantitative estimate of drug-likeness (QED) is 0.689. The normalized spacial score (nSPS) is 18.9. The topological polar surface area (TPSA) is 29.6 Å². The summed E-state index contributed by atoms with van der Waals surface area (Å²) >= 11 is 0. The van der Waals surface area contributed by atoms with Gasteiger partial charge >= 0.3 is 0 Å². The first-order chi connectivity index (χ1) is 7.25. The van der Waals surface area contributed by atoms with Gasteiger partial charge in [0.05, 0.1) is 6.61 Å². The molecule has 2 heteroatoms. The van der Waals surface area contributed by atoms with Gasteiger partial charge in [-0.1, -0.05) is 29.8 Å². The molecule has 0 radical (unpaired) electrons. The first-order valence-corrected chi connectivity index (χ1v) is 5.45. The molecule has 1 aliphatic heterocycles. The van der Waals surface area contributed by atoms with Crippen molar-refractivity contribution in [3.05, 3.63) is 35.4 Å². The van der Waals surface area contributed by atoms with Crippen molar-refractivity contribution < 1.29 is 9.53 Å². The molecule has 0 amide bonds. The molecule has 80 valence electrons. The molecule has 0 N–H and O–H groups in total. The molecule has 1 unspecified atom stereocenters. The Morgan fingerprint density at radius 3 is 2.67 bits per heavy atom. The first kappa shape index (κ1) is 10.4. The fourth-order valence-corrected chi connectivity index (χ4v) is 1.62. The number of ketones is 1. The van der Waals surface area contributed by atoms with E-state index in [1.165, 1.54) is 11.1 Å². The Morgan fingerprint density at radius 1 is 1.40 bits per heavy atom. The summed E-state index contributed by atoms with van der Waals surface area (Å²) in [4.78, 5) is 11.3. The lowest BCUT2D eigenvalue weighted by Crippen LogP contribution is -2.06. The zero-order chi connectivity index (χ0) is 10.7. The minimum Gasteiger partial charge on any atom is -0.365 e. The molecule has 2 rings (SSSR count). The lowest BCUT2D eigenvalue weighted by molar-refractivity contribution is -0.120. The van der Waals surface area contributed by atoms with Crippen LogP contribution in [0.15, 0.2) is 24.3 Å². The molecule has 1 saturated heterocycles. The van der Waals surface area contributed by atoms with Crippen LogP contribution >= 0.6 is 0 Å². The van der Waals surface area contributed by atoms with Gasteiger partial charge in [0, 0.05) is 6.42 Å². The molecule has 1 aliphatic rings. The van der Waals surface area contributed by atoms with Crippen molar-refractivity contribution in [3.63, 3.8) is 0 Å². The van der Waals surface area contributed by atoms with E-state index in [1.54, 1.807) is 0 Å². The Bertz CT molecular complexity index is 336. The number of aryl methyl sites for hydroxylation is 2. The number of Topliss-reactive ketones (excluding diaryl/α,β-unsaturated/α-hetero) is 1. The molecule has 1 aromatic rings. The molecule has 1 aromatic carbocycles. The molecule has 0 spiro atoms. The Morgan fingerprint density at radius 2 is 2.07 bits per heavy atom. The predicted octanol–water partition coefficient (Wildman–Crippen LogP) is 2.29. The SMILES string of the molecule is Cc1ccc(CCCC(=O)C2CO2)cc1. The van der Waals surface area contributed by atoms with Crippen LogP contribution in [0.1, 0.15) is 24.0 Å². The Labute approximate surface area is 90.3 Å². The van der Waals surface area contributed by atoms with Crippen molar-refractivity contribution >= 4 is 5.78 Å². The average molecular weight is 204 g/mol. The van der Waals surface area contributed by atoms with Crippen molar-refractivity contribution in [3.8, 4) is 0 Å². The summed E-state index contributed by atoms with van der Waals surface area (Å²) in [7, 11) is 0. The van der Waals surface area contributed by atoms with Crippen molar-refractivity contribution in [1.29, 1.82) is 0 Å². The average Bonchev–Trinajstić information content (AvgIpc) is 3.04. The molecule has 0 saturated carbocycles. The standard InChI is InChI=1S/C13H16O2/c1-10-5-7-11(8-6-10)3-2-4-12(14)13-9-15-13/h5-8,13H,2-4,9H2,1H3. The van der Waals surface area contributed by atoms with Crippen LogP contribution < -0.4 is 0 Å². The minimum absolute atomic E-state index is 0.0667. The van der Waals surface area contributed by atoms with E-state index in [4.69, 9.17) is 4.74 Å². The second-order valence-electron chi connectivity index (χ2n) is 4.13. The summed E-state index contributed by atoms with van der Waals surface area (Å²) < 4.78 is 4.94. The second-order valence-corrected chi connectivity index (χ2v) is 4.13. The van der Waals surface area contributed by atoms with E-state index in [9.17, 15) is 4.79 Å². The van der Waals surface area contributed by atoms with Gasteiger partial charge < -0.3 is 4.74 Å². The number of epoxide rings is 1. The van der Waals surface area contributed by atoms with Gasteiger partial charge in [0.15, 0.2) is 5.78 Å². The van der Waals surface area contributed by atoms with Gasteiger partial charge in [-0.05, 0) is 25.3 Å². The summed E-state index contributed by atoms with van der Waals surface area (Å²) in [6, 6.07) is 8.49. The zero-order valence-corrected chi connectivity index (χ0v) is 9.03. The molecule has 0 aromatic heterocycles. The molecule has 1 fully saturated rings. The maximum absolute atomic E-state index is 11.3.